The third-order valence-electron chi connectivity index (χ3n) is 5.32. The maximum Gasteiger partial charge on any atom is 0.325 e. The third kappa shape index (κ3) is 7.61. The van der Waals surface area contributed by atoms with Gasteiger partial charge < -0.3 is 14.5 Å². The van der Waals surface area contributed by atoms with Crippen LogP contribution in [0.25, 0.3) is 6.08 Å². The molecule has 0 spiro atoms. The molecule has 1 fully saturated rings. The number of amides is 2. The molecule has 34 heavy (non-hydrogen) atoms. The van der Waals surface area contributed by atoms with Gasteiger partial charge in [0.15, 0.2) is 0 Å². The second-order valence-corrected chi connectivity index (χ2v) is 10.1. The summed E-state index contributed by atoms with van der Waals surface area (Å²) in [6, 6.07) is 13.5. The number of hydrogen-bond acceptors (Lipinski definition) is 5. The summed E-state index contributed by atoms with van der Waals surface area (Å²) >= 11 is 11.6. The highest BCUT2D eigenvalue weighted by molar-refractivity contribution is 9.10. The van der Waals surface area contributed by atoms with Crippen LogP contribution in [-0.4, -0.2) is 60.9 Å². The predicted molar refractivity (Wildman–Crippen MR) is 138 cm³/mol. The van der Waals surface area contributed by atoms with Crippen LogP contribution in [-0.2, 0) is 19.1 Å². The lowest BCUT2D eigenvalue weighted by atomic mass is 10.2. The molecule has 180 valence electrons. The molecule has 0 N–H and O–H groups in total. The van der Waals surface area contributed by atoms with Gasteiger partial charge in [-0.2, -0.15) is 0 Å². The van der Waals surface area contributed by atoms with E-state index in [2.05, 4.69) is 15.9 Å². The molecule has 0 aliphatic carbocycles. The summed E-state index contributed by atoms with van der Waals surface area (Å²) in [4.78, 5) is 41.6. The summed E-state index contributed by atoms with van der Waals surface area (Å²) in [7, 11) is 1.29. The summed E-state index contributed by atoms with van der Waals surface area (Å²) in [5, 5.41) is 0.581. The summed E-state index contributed by atoms with van der Waals surface area (Å²) in [6.45, 7) is 1.53. The van der Waals surface area contributed by atoms with Crippen LogP contribution >= 0.6 is 39.3 Å². The molecule has 1 aliphatic rings. The van der Waals surface area contributed by atoms with E-state index in [0.29, 0.717) is 31.0 Å². The molecule has 2 aromatic rings. The number of hydrogen-bond donors (Lipinski definition) is 0. The summed E-state index contributed by atoms with van der Waals surface area (Å²) in [5.74, 6) is -0.653. The third-order valence-corrected chi connectivity index (χ3v) is 7.85. The highest BCUT2D eigenvalue weighted by Gasteiger charge is 2.21. The van der Waals surface area contributed by atoms with Crippen molar-refractivity contribution in [2.24, 2.45) is 0 Å². The molecule has 1 saturated heterocycles. The van der Waals surface area contributed by atoms with Crippen LogP contribution < -0.4 is 0 Å². The van der Waals surface area contributed by atoms with E-state index < -0.39 is 5.97 Å². The Labute approximate surface area is 217 Å². The zero-order valence-electron chi connectivity index (χ0n) is 18.8. The molecule has 1 heterocycles. The maximum absolute atomic E-state index is 12.8. The Kier molecular flexibility index (Phi) is 10.0. The molecule has 0 radical (unpaired) electrons. The zero-order chi connectivity index (χ0) is 24.5. The van der Waals surface area contributed by atoms with Gasteiger partial charge in [-0.1, -0.05) is 41.6 Å². The van der Waals surface area contributed by atoms with Gasteiger partial charge >= 0.3 is 5.97 Å². The molecule has 6 nitrogen and oxygen atoms in total. The molecule has 0 unspecified atom stereocenters. The van der Waals surface area contributed by atoms with Crippen molar-refractivity contribution in [3.8, 4) is 0 Å². The van der Waals surface area contributed by atoms with Crippen LogP contribution in [0, 0.1) is 0 Å². The van der Waals surface area contributed by atoms with E-state index in [1.54, 1.807) is 28.8 Å². The topological polar surface area (TPSA) is 66.9 Å². The highest BCUT2D eigenvalue weighted by atomic mass is 79.9. The number of ether oxygens (including phenoxy) is 1. The monoisotopic (exact) mass is 564 g/mol. The standard InChI is InChI=1S/C25H26BrClN2O4S/c1-33-25(32)17-29(15-5-14-28-13-4-8-23(28)30)24(31)12-10-18-9-11-22(20(27)16-18)34-21-7-3-2-6-19(21)26/h2-3,6-7,9-12,16H,4-5,8,13-15,17H2,1H3/b12-10+. The Morgan fingerprint density at radius 2 is 2.03 bits per heavy atom. The zero-order valence-corrected chi connectivity index (χ0v) is 22.0. The predicted octanol–water partition coefficient (Wildman–Crippen LogP) is 5.28. The number of nitrogens with zero attached hydrogens (tertiary/aromatic N) is 2. The SMILES string of the molecule is COC(=O)CN(CCCN1CCCC1=O)C(=O)/C=C/c1ccc(Sc2ccccc2Br)c(Cl)c1. The van der Waals surface area contributed by atoms with E-state index >= 15 is 0 Å². The van der Waals surface area contributed by atoms with Crippen molar-refractivity contribution in [2.75, 3.05) is 33.3 Å². The number of esters is 1. The van der Waals surface area contributed by atoms with Gasteiger partial charge in [-0.05, 0) is 64.7 Å². The first-order valence-electron chi connectivity index (χ1n) is 10.9. The first-order chi connectivity index (χ1) is 16.4. The Balaban J connectivity index is 1.62. The number of rotatable bonds is 10. The molecule has 2 amide bonds. The number of carbonyl (C=O) groups is 3. The van der Waals surface area contributed by atoms with Gasteiger partial charge in [0.2, 0.25) is 11.8 Å². The van der Waals surface area contributed by atoms with E-state index in [1.807, 2.05) is 36.4 Å². The van der Waals surface area contributed by atoms with Crippen LogP contribution in [0.2, 0.25) is 5.02 Å². The lowest BCUT2D eigenvalue weighted by Gasteiger charge is -2.22. The fourth-order valence-electron chi connectivity index (χ4n) is 3.50. The van der Waals surface area contributed by atoms with Crippen molar-refractivity contribution < 1.29 is 19.1 Å². The van der Waals surface area contributed by atoms with Crippen molar-refractivity contribution in [3.63, 3.8) is 0 Å². The molecule has 9 heteroatoms. The molecular formula is C25H26BrClN2O4S. The quantitative estimate of drug-likeness (QED) is 0.290. The Morgan fingerprint density at radius 3 is 2.71 bits per heavy atom. The average molecular weight is 566 g/mol. The Morgan fingerprint density at radius 1 is 1.24 bits per heavy atom. The Bertz CT molecular complexity index is 1080. The molecule has 0 atom stereocenters. The first kappa shape index (κ1) is 26.3. The van der Waals surface area contributed by atoms with E-state index in [4.69, 9.17) is 16.3 Å². The van der Waals surface area contributed by atoms with Crippen LogP contribution in [0.3, 0.4) is 0 Å². The van der Waals surface area contributed by atoms with Crippen molar-refractivity contribution in [1.82, 2.24) is 9.80 Å². The molecule has 0 aromatic heterocycles. The molecule has 0 saturated carbocycles. The van der Waals surface area contributed by atoms with Crippen LogP contribution in [0.5, 0.6) is 0 Å². The largest absolute Gasteiger partial charge is 0.468 e. The summed E-state index contributed by atoms with van der Waals surface area (Å²) in [6.07, 6.45) is 5.14. The molecule has 2 aromatic carbocycles. The van der Waals surface area contributed by atoms with Gasteiger partial charge in [-0.25, -0.2) is 0 Å². The second-order valence-electron chi connectivity index (χ2n) is 7.73. The van der Waals surface area contributed by atoms with Crippen LogP contribution in [0.4, 0.5) is 0 Å². The van der Waals surface area contributed by atoms with Gasteiger partial charge in [0.25, 0.3) is 0 Å². The fraction of sp³-hybridized carbons (Fsp3) is 0.320. The number of carbonyl (C=O) groups excluding carboxylic acids is 3. The number of likely N-dealkylation sites (tertiary alicyclic amines) is 1. The Hall–Kier alpha value is -2.29. The number of methoxy groups -OCH3 is 1. The molecular weight excluding hydrogens is 540 g/mol. The highest BCUT2D eigenvalue weighted by Crippen LogP contribution is 2.37. The van der Waals surface area contributed by atoms with Crippen molar-refractivity contribution in [2.45, 2.75) is 29.1 Å². The van der Waals surface area contributed by atoms with Gasteiger partial charge in [-0.15, -0.1) is 0 Å². The maximum atomic E-state index is 12.8. The minimum absolute atomic E-state index is 0.142. The smallest absolute Gasteiger partial charge is 0.325 e. The van der Waals surface area contributed by atoms with E-state index in [1.165, 1.54) is 18.1 Å². The average Bonchev–Trinajstić information content (AvgIpc) is 3.24. The van der Waals surface area contributed by atoms with Gasteiger partial charge in [0.1, 0.15) is 6.54 Å². The molecule has 0 bridgehead atoms. The lowest BCUT2D eigenvalue weighted by Crippen LogP contribution is -2.37. The van der Waals surface area contributed by atoms with Crippen LogP contribution in [0.15, 0.2) is 62.8 Å². The van der Waals surface area contributed by atoms with Gasteiger partial charge in [0, 0.05) is 46.4 Å². The fourth-order valence-corrected chi connectivity index (χ4v) is 5.18. The van der Waals surface area contributed by atoms with Crippen molar-refractivity contribution in [3.05, 3.63) is 63.6 Å². The normalized spacial score (nSPS) is 13.5. The molecule has 1 aliphatic heterocycles. The van der Waals surface area contributed by atoms with E-state index in [-0.39, 0.29) is 18.4 Å². The van der Waals surface area contributed by atoms with Crippen molar-refractivity contribution in [1.29, 1.82) is 0 Å². The van der Waals surface area contributed by atoms with E-state index in [9.17, 15) is 14.4 Å². The second kappa shape index (κ2) is 13.0. The minimum Gasteiger partial charge on any atom is -0.468 e. The number of halogens is 2. The summed E-state index contributed by atoms with van der Waals surface area (Å²) < 4.78 is 5.72. The number of benzene rings is 2. The van der Waals surface area contributed by atoms with Crippen molar-refractivity contribution >= 4 is 63.2 Å². The first-order valence-corrected chi connectivity index (χ1v) is 12.9. The lowest BCUT2D eigenvalue weighted by molar-refractivity contribution is -0.145. The summed E-state index contributed by atoms with van der Waals surface area (Å²) in [5.41, 5.74) is 0.774. The van der Waals surface area contributed by atoms with Gasteiger partial charge in [-0.3, -0.25) is 14.4 Å². The molecule has 3 rings (SSSR count). The van der Waals surface area contributed by atoms with Crippen LogP contribution in [0.1, 0.15) is 24.8 Å². The van der Waals surface area contributed by atoms with Gasteiger partial charge in [0.05, 0.1) is 12.1 Å². The minimum atomic E-state index is -0.490. The van der Waals surface area contributed by atoms with E-state index in [0.717, 1.165) is 32.8 Å².